The standard InChI is InChI=1S/C14H17ClFN3O/c1-10-9-19(12-6-3-5-11(15)13(12)16)14(18-10)17-7-4-8-20-2/h3,5-6,9H,4,7-8H2,1-2H3,(H,17,18). The van der Waals surface area contributed by atoms with E-state index in [4.69, 9.17) is 16.3 Å². The second-order valence-electron chi connectivity index (χ2n) is 4.42. The molecule has 0 bridgehead atoms. The quantitative estimate of drug-likeness (QED) is 0.830. The van der Waals surface area contributed by atoms with E-state index in [1.165, 1.54) is 6.07 Å². The van der Waals surface area contributed by atoms with Crippen molar-refractivity contribution >= 4 is 17.5 Å². The lowest BCUT2D eigenvalue weighted by atomic mass is 10.3. The second kappa shape index (κ2) is 6.72. The predicted octanol–water partition coefficient (Wildman–Crippen LogP) is 3.42. The van der Waals surface area contributed by atoms with Gasteiger partial charge in [0.2, 0.25) is 5.95 Å². The molecule has 20 heavy (non-hydrogen) atoms. The minimum Gasteiger partial charge on any atom is -0.385 e. The summed E-state index contributed by atoms with van der Waals surface area (Å²) in [4.78, 5) is 4.36. The number of rotatable bonds is 6. The van der Waals surface area contributed by atoms with Gasteiger partial charge in [-0.15, -0.1) is 0 Å². The number of imidazole rings is 1. The number of hydrogen-bond acceptors (Lipinski definition) is 3. The molecule has 0 unspecified atom stereocenters. The molecule has 2 aromatic rings. The minimum absolute atomic E-state index is 0.0965. The van der Waals surface area contributed by atoms with Crippen LogP contribution in [0.3, 0.4) is 0 Å². The van der Waals surface area contributed by atoms with Crippen molar-refractivity contribution < 1.29 is 9.13 Å². The normalized spacial score (nSPS) is 10.8. The first kappa shape index (κ1) is 14.8. The van der Waals surface area contributed by atoms with Gasteiger partial charge in [0, 0.05) is 26.5 Å². The summed E-state index contributed by atoms with van der Waals surface area (Å²) in [6.45, 7) is 3.23. The third-order valence-corrected chi connectivity index (χ3v) is 3.12. The number of nitrogens with one attached hydrogen (secondary N) is 1. The maximum atomic E-state index is 14.1. The lowest BCUT2D eigenvalue weighted by Gasteiger charge is -2.11. The van der Waals surface area contributed by atoms with Crippen LogP contribution >= 0.6 is 11.6 Å². The van der Waals surface area contributed by atoms with E-state index in [9.17, 15) is 4.39 Å². The molecule has 0 saturated carbocycles. The summed E-state index contributed by atoms with van der Waals surface area (Å²) in [7, 11) is 1.66. The molecular weight excluding hydrogens is 281 g/mol. The van der Waals surface area contributed by atoms with Gasteiger partial charge in [0.05, 0.1) is 16.4 Å². The fraction of sp³-hybridized carbons (Fsp3) is 0.357. The number of benzene rings is 1. The lowest BCUT2D eigenvalue weighted by molar-refractivity contribution is 0.197. The molecule has 0 amide bonds. The van der Waals surface area contributed by atoms with Crippen LogP contribution < -0.4 is 5.32 Å². The van der Waals surface area contributed by atoms with E-state index in [1.54, 1.807) is 30.0 Å². The van der Waals surface area contributed by atoms with E-state index in [0.29, 0.717) is 24.8 Å². The number of halogens is 2. The molecule has 0 fully saturated rings. The summed E-state index contributed by atoms with van der Waals surface area (Å²) in [6.07, 6.45) is 2.62. The van der Waals surface area contributed by atoms with Crippen molar-refractivity contribution in [3.05, 3.63) is 40.9 Å². The number of methoxy groups -OCH3 is 1. The summed E-state index contributed by atoms with van der Waals surface area (Å²) >= 11 is 5.82. The average molecular weight is 298 g/mol. The number of anilines is 1. The first-order valence-corrected chi connectivity index (χ1v) is 6.74. The third kappa shape index (κ3) is 3.29. The molecule has 0 aliphatic heterocycles. The summed E-state index contributed by atoms with van der Waals surface area (Å²) in [5, 5.41) is 3.27. The highest BCUT2D eigenvalue weighted by Crippen LogP contribution is 2.24. The molecular formula is C14H17ClFN3O. The smallest absolute Gasteiger partial charge is 0.207 e. The molecule has 0 saturated heterocycles. The largest absolute Gasteiger partial charge is 0.385 e. The molecule has 0 aliphatic rings. The molecule has 1 aromatic heterocycles. The Labute approximate surface area is 122 Å². The second-order valence-corrected chi connectivity index (χ2v) is 4.83. The molecule has 1 heterocycles. The summed E-state index contributed by atoms with van der Waals surface area (Å²) < 4.78 is 20.8. The van der Waals surface area contributed by atoms with Gasteiger partial charge in [-0.1, -0.05) is 17.7 Å². The van der Waals surface area contributed by atoms with Gasteiger partial charge in [-0.3, -0.25) is 4.57 Å². The molecule has 108 valence electrons. The van der Waals surface area contributed by atoms with E-state index < -0.39 is 5.82 Å². The molecule has 0 radical (unpaired) electrons. The monoisotopic (exact) mass is 297 g/mol. The molecule has 4 nitrogen and oxygen atoms in total. The Kier molecular flexibility index (Phi) is 4.98. The number of aromatic nitrogens is 2. The lowest BCUT2D eigenvalue weighted by Crippen LogP contribution is -2.10. The Hall–Kier alpha value is -1.59. The van der Waals surface area contributed by atoms with Crippen LogP contribution in [0.4, 0.5) is 10.3 Å². The van der Waals surface area contributed by atoms with E-state index in [-0.39, 0.29) is 5.02 Å². The Morgan fingerprint density at radius 2 is 2.25 bits per heavy atom. The Bertz CT molecular complexity index is 586. The number of hydrogen-bond donors (Lipinski definition) is 1. The van der Waals surface area contributed by atoms with E-state index in [1.807, 2.05) is 6.92 Å². The summed E-state index contributed by atoms with van der Waals surface area (Å²) in [6, 6.07) is 4.91. The van der Waals surface area contributed by atoms with Crippen LogP contribution in [0, 0.1) is 12.7 Å². The zero-order valence-corrected chi connectivity index (χ0v) is 12.2. The first-order chi connectivity index (χ1) is 9.63. The van der Waals surface area contributed by atoms with Crippen molar-refractivity contribution in [2.45, 2.75) is 13.3 Å². The van der Waals surface area contributed by atoms with Gasteiger partial charge < -0.3 is 10.1 Å². The van der Waals surface area contributed by atoms with Gasteiger partial charge in [0.25, 0.3) is 0 Å². The molecule has 1 aromatic carbocycles. The van der Waals surface area contributed by atoms with Gasteiger partial charge in [0.15, 0.2) is 5.82 Å². The fourth-order valence-electron chi connectivity index (χ4n) is 1.90. The van der Waals surface area contributed by atoms with Crippen molar-refractivity contribution in [3.63, 3.8) is 0 Å². The van der Waals surface area contributed by atoms with Crippen molar-refractivity contribution in [2.75, 3.05) is 25.6 Å². The van der Waals surface area contributed by atoms with Crippen LogP contribution in [-0.4, -0.2) is 29.8 Å². The van der Waals surface area contributed by atoms with Gasteiger partial charge >= 0.3 is 0 Å². The SMILES string of the molecule is COCCCNc1nc(C)cn1-c1cccc(Cl)c1F. The summed E-state index contributed by atoms with van der Waals surface area (Å²) in [5.41, 5.74) is 1.19. The molecule has 0 aliphatic carbocycles. The molecule has 1 N–H and O–H groups in total. The van der Waals surface area contributed by atoms with Gasteiger partial charge in [-0.2, -0.15) is 0 Å². The van der Waals surface area contributed by atoms with E-state index >= 15 is 0 Å². The Balaban J connectivity index is 2.25. The average Bonchev–Trinajstić information content (AvgIpc) is 2.79. The van der Waals surface area contributed by atoms with Crippen molar-refractivity contribution in [1.82, 2.24) is 9.55 Å². The summed E-state index contributed by atoms with van der Waals surface area (Å²) in [5.74, 6) is 0.145. The zero-order valence-electron chi connectivity index (χ0n) is 11.5. The van der Waals surface area contributed by atoms with E-state index in [0.717, 1.165) is 12.1 Å². The van der Waals surface area contributed by atoms with Crippen molar-refractivity contribution in [3.8, 4) is 5.69 Å². The van der Waals surface area contributed by atoms with Crippen LogP contribution in [0.25, 0.3) is 5.69 Å². The Morgan fingerprint density at radius 1 is 1.45 bits per heavy atom. The van der Waals surface area contributed by atoms with Gasteiger partial charge in [-0.25, -0.2) is 9.37 Å². The number of aryl methyl sites for hydroxylation is 1. The number of ether oxygens (including phenoxy) is 1. The van der Waals surface area contributed by atoms with Crippen molar-refractivity contribution in [1.29, 1.82) is 0 Å². The topological polar surface area (TPSA) is 39.1 Å². The highest BCUT2D eigenvalue weighted by Gasteiger charge is 2.13. The predicted molar refractivity (Wildman–Crippen MR) is 78.3 cm³/mol. The molecule has 2 rings (SSSR count). The van der Waals surface area contributed by atoms with Crippen LogP contribution in [-0.2, 0) is 4.74 Å². The molecule has 6 heteroatoms. The first-order valence-electron chi connectivity index (χ1n) is 6.36. The highest BCUT2D eigenvalue weighted by atomic mass is 35.5. The van der Waals surface area contributed by atoms with Crippen LogP contribution in [0.15, 0.2) is 24.4 Å². The fourth-order valence-corrected chi connectivity index (χ4v) is 2.07. The van der Waals surface area contributed by atoms with Crippen LogP contribution in [0.1, 0.15) is 12.1 Å². The minimum atomic E-state index is -0.452. The maximum Gasteiger partial charge on any atom is 0.207 e. The number of nitrogens with zero attached hydrogens (tertiary/aromatic N) is 2. The zero-order chi connectivity index (χ0) is 14.5. The van der Waals surface area contributed by atoms with Crippen molar-refractivity contribution in [2.24, 2.45) is 0 Å². The van der Waals surface area contributed by atoms with Gasteiger partial charge in [0.1, 0.15) is 0 Å². The molecule has 0 atom stereocenters. The van der Waals surface area contributed by atoms with Crippen LogP contribution in [0.2, 0.25) is 5.02 Å². The molecule has 0 spiro atoms. The highest BCUT2D eigenvalue weighted by molar-refractivity contribution is 6.30. The van der Waals surface area contributed by atoms with Crippen LogP contribution in [0.5, 0.6) is 0 Å². The van der Waals surface area contributed by atoms with E-state index in [2.05, 4.69) is 10.3 Å². The van der Waals surface area contributed by atoms with Gasteiger partial charge in [-0.05, 0) is 25.5 Å². The Morgan fingerprint density at radius 3 is 3.00 bits per heavy atom. The maximum absolute atomic E-state index is 14.1. The third-order valence-electron chi connectivity index (χ3n) is 2.83.